The van der Waals surface area contributed by atoms with E-state index in [0.717, 1.165) is 11.1 Å². The number of carbonyl (C=O) groups is 1. The minimum Gasteiger partial charge on any atom is -0.469 e. The number of hydrogen-bond donors (Lipinski definition) is 1. The fraction of sp³-hybridized carbons (Fsp3) is 0.200. The van der Waals surface area contributed by atoms with Gasteiger partial charge in [-0.15, -0.1) is 0 Å². The molecule has 0 fully saturated rings. The predicted octanol–water partition coefficient (Wildman–Crippen LogP) is 2.97. The van der Waals surface area contributed by atoms with E-state index in [9.17, 15) is 4.79 Å². The highest BCUT2D eigenvalue weighted by Crippen LogP contribution is 2.09. The average Bonchev–Trinajstić information content (AvgIpc) is 2.78. The molecule has 0 saturated heterocycles. The maximum absolute atomic E-state index is 11.8. The molecule has 0 aliphatic heterocycles. The van der Waals surface area contributed by atoms with E-state index in [1.54, 1.807) is 19.2 Å². The first-order valence-corrected chi connectivity index (χ1v) is 6.02. The fourth-order valence-corrected chi connectivity index (χ4v) is 1.81. The Morgan fingerprint density at radius 2 is 2.05 bits per heavy atom. The molecule has 0 bridgehead atoms. The molecular weight excluding hydrogens is 240 g/mol. The van der Waals surface area contributed by atoms with Crippen molar-refractivity contribution in [2.75, 3.05) is 0 Å². The molecule has 0 spiro atoms. The standard InChI is InChI=1S/C15H16N2O2/c1-10-4-5-13(11(2)8-10)9-16-17-15(18)14-6-7-19-12(14)3/h4-9H,1-3H3,(H,17,18). The van der Waals surface area contributed by atoms with E-state index in [-0.39, 0.29) is 5.91 Å². The lowest BCUT2D eigenvalue weighted by molar-refractivity contribution is 0.0953. The summed E-state index contributed by atoms with van der Waals surface area (Å²) in [6.07, 6.45) is 3.13. The number of amides is 1. The first-order valence-electron chi connectivity index (χ1n) is 6.02. The average molecular weight is 256 g/mol. The van der Waals surface area contributed by atoms with Gasteiger partial charge in [0.25, 0.3) is 5.91 Å². The number of benzene rings is 1. The Kier molecular flexibility index (Phi) is 3.80. The van der Waals surface area contributed by atoms with Crippen LogP contribution in [0.2, 0.25) is 0 Å². The van der Waals surface area contributed by atoms with Crippen LogP contribution in [0.1, 0.15) is 32.8 Å². The summed E-state index contributed by atoms with van der Waals surface area (Å²) in [6.45, 7) is 5.79. The Hall–Kier alpha value is -2.36. The lowest BCUT2D eigenvalue weighted by atomic mass is 10.1. The monoisotopic (exact) mass is 256 g/mol. The van der Waals surface area contributed by atoms with E-state index in [1.165, 1.54) is 11.8 Å². The van der Waals surface area contributed by atoms with Gasteiger partial charge in [-0.3, -0.25) is 4.79 Å². The third-order valence-electron chi connectivity index (χ3n) is 2.90. The van der Waals surface area contributed by atoms with Gasteiger partial charge in [-0.25, -0.2) is 5.43 Å². The molecule has 4 heteroatoms. The number of carbonyl (C=O) groups excluding carboxylic acids is 1. The van der Waals surface area contributed by atoms with Crippen LogP contribution in [0.15, 0.2) is 40.0 Å². The van der Waals surface area contributed by atoms with Gasteiger partial charge < -0.3 is 4.42 Å². The Labute approximate surface area is 112 Å². The van der Waals surface area contributed by atoms with Crippen LogP contribution < -0.4 is 5.43 Å². The number of hydrazone groups is 1. The zero-order valence-corrected chi connectivity index (χ0v) is 11.2. The summed E-state index contributed by atoms with van der Waals surface area (Å²) in [5.41, 5.74) is 6.29. The zero-order valence-electron chi connectivity index (χ0n) is 11.2. The number of aryl methyl sites for hydroxylation is 3. The molecule has 1 N–H and O–H groups in total. The minimum absolute atomic E-state index is 0.271. The molecule has 98 valence electrons. The molecule has 0 aliphatic carbocycles. The van der Waals surface area contributed by atoms with Crippen molar-refractivity contribution < 1.29 is 9.21 Å². The number of furan rings is 1. The molecule has 1 amide bonds. The summed E-state index contributed by atoms with van der Waals surface area (Å²) >= 11 is 0. The fourth-order valence-electron chi connectivity index (χ4n) is 1.81. The highest BCUT2D eigenvalue weighted by atomic mass is 16.3. The second-order valence-electron chi connectivity index (χ2n) is 4.45. The maximum Gasteiger partial charge on any atom is 0.274 e. The molecule has 0 atom stereocenters. The molecule has 1 heterocycles. The van der Waals surface area contributed by atoms with Crippen molar-refractivity contribution in [2.24, 2.45) is 5.10 Å². The van der Waals surface area contributed by atoms with Crippen molar-refractivity contribution in [3.05, 3.63) is 58.5 Å². The second-order valence-corrected chi connectivity index (χ2v) is 4.45. The number of hydrogen-bond acceptors (Lipinski definition) is 3. The van der Waals surface area contributed by atoms with Crippen LogP contribution in [-0.2, 0) is 0 Å². The van der Waals surface area contributed by atoms with Crippen molar-refractivity contribution in [1.29, 1.82) is 0 Å². The van der Waals surface area contributed by atoms with Gasteiger partial charge in [-0.05, 0) is 38.0 Å². The molecule has 4 nitrogen and oxygen atoms in total. The third kappa shape index (κ3) is 3.10. The summed E-state index contributed by atoms with van der Waals surface area (Å²) in [4.78, 5) is 11.8. The van der Waals surface area contributed by atoms with Crippen LogP contribution in [-0.4, -0.2) is 12.1 Å². The molecule has 2 rings (SSSR count). The molecule has 19 heavy (non-hydrogen) atoms. The topological polar surface area (TPSA) is 54.6 Å². The number of nitrogens with zero attached hydrogens (tertiary/aromatic N) is 1. The van der Waals surface area contributed by atoms with Gasteiger partial charge in [-0.2, -0.15) is 5.10 Å². The maximum atomic E-state index is 11.8. The van der Waals surface area contributed by atoms with E-state index >= 15 is 0 Å². The molecule has 0 saturated carbocycles. The predicted molar refractivity (Wildman–Crippen MR) is 74.4 cm³/mol. The van der Waals surface area contributed by atoms with Gasteiger partial charge in [-0.1, -0.05) is 23.8 Å². The minimum atomic E-state index is -0.271. The Bertz CT molecular complexity index is 627. The van der Waals surface area contributed by atoms with Gasteiger partial charge in [0.15, 0.2) is 0 Å². The van der Waals surface area contributed by atoms with Crippen LogP contribution in [0.4, 0.5) is 0 Å². The second kappa shape index (κ2) is 5.52. The Morgan fingerprint density at radius 3 is 2.68 bits per heavy atom. The van der Waals surface area contributed by atoms with Crippen LogP contribution in [0.5, 0.6) is 0 Å². The number of nitrogens with one attached hydrogen (secondary N) is 1. The first kappa shape index (κ1) is 13.1. The molecule has 0 unspecified atom stereocenters. The largest absolute Gasteiger partial charge is 0.469 e. The first-order chi connectivity index (χ1) is 9.08. The van der Waals surface area contributed by atoms with Crippen molar-refractivity contribution in [3.8, 4) is 0 Å². The van der Waals surface area contributed by atoms with Gasteiger partial charge in [0, 0.05) is 0 Å². The molecule has 0 aliphatic rings. The quantitative estimate of drug-likeness (QED) is 0.678. The Morgan fingerprint density at radius 1 is 1.26 bits per heavy atom. The highest BCUT2D eigenvalue weighted by Gasteiger charge is 2.09. The zero-order chi connectivity index (χ0) is 13.8. The highest BCUT2D eigenvalue weighted by molar-refractivity contribution is 5.95. The molecule has 1 aromatic carbocycles. The van der Waals surface area contributed by atoms with Crippen molar-refractivity contribution in [3.63, 3.8) is 0 Å². The van der Waals surface area contributed by atoms with Crippen molar-refractivity contribution in [2.45, 2.75) is 20.8 Å². The lowest BCUT2D eigenvalue weighted by Crippen LogP contribution is -2.17. The SMILES string of the molecule is Cc1ccc(C=NNC(=O)c2ccoc2C)c(C)c1. The third-order valence-corrected chi connectivity index (χ3v) is 2.90. The Balaban J connectivity index is 2.04. The van der Waals surface area contributed by atoms with Crippen LogP contribution in [0.3, 0.4) is 0 Å². The molecular formula is C15H16N2O2. The van der Waals surface area contributed by atoms with E-state index in [0.29, 0.717) is 11.3 Å². The van der Waals surface area contributed by atoms with Crippen molar-refractivity contribution >= 4 is 12.1 Å². The summed E-state index contributed by atoms with van der Waals surface area (Å²) in [5.74, 6) is 0.312. The van der Waals surface area contributed by atoms with Crippen LogP contribution in [0, 0.1) is 20.8 Å². The van der Waals surface area contributed by atoms with E-state index in [4.69, 9.17) is 4.42 Å². The smallest absolute Gasteiger partial charge is 0.274 e. The summed E-state index contributed by atoms with van der Waals surface area (Å²) < 4.78 is 5.07. The molecule has 0 radical (unpaired) electrons. The van der Waals surface area contributed by atoms with Gasteiger partial charge in [0.2, 0.25) is 0 Å². The summed E-state index contributed by atoms with van der Waals surface area (Å²) in [7, 11) is 0. The van der Waals surface area contributed by atoms with Gasteiger partial charge in [0.05, 0.1) is 18.0 Å². The van der Waals surface area contributed by atoms with Crippen LogP contribution >= 0.6 is 0 Å². The van der Waals surface area contributed by atoms with E-state index in [1.807, 2.05) is 26.0 Å². The number of rotatable bonds is 3. The molecule has 2 aromatic rings. The van der Waals surface area contributed by atoms with E-state index in [2.05, 4.69) is 16.6 Å². The normalized spacial score (nSPS) is 10.9. The van der Waals surface area contributed by atoms with Crippen LogP contribution in [0.25, 0.3) is 0 Å². The van der Waals surface area contributed by atoms with Gasteiger partial charge in [0.1, 0.15) is 5.76 Å². The van der Waals surface area contributed by atoms with E-state index < -0.39 is 0 Å². The summed E-state index contributed by atoms with van der Waals surface area (Å²) in [5, 5.41) is 3.96. The summed E-state index contributed by atoms with van der Waals surface area (Å²) in [6, 6.07) is 7.68. The lowest BCUT2D eigenvalue weighted by Gasteiger charge is -2.01. The van der Waals surface area contributed by atoms with Crippen molar-refractivity contribution in [1.82, 2.24) is 5.43 Å². The van der Waals surface area contributed by atoms with Gasteiger partial charge >= 0.3 is 0 Å². The molecule has 1 aromatic heterocycles.